The summed E-state index contributed by atoms with van der Waals surface area (Å²) in [6, 6.07) is 8.21. The van der Waals surface area contributed by atoms with Gasteiger partial charge in [-0.15, -0.1) is 0 Å². The molecule has 0 atom stereocenters. The minimum atomic E-state index is 0.213. The minimum Gasteiger partial charge on any atom is -0.300 e. The second kappa shape index (κ2) is 18.7. The predicted octanol–water partition coefficient (Wildman–Crippen LogP) is 8.09. The monoisotopic (exact) mass is 400 g/mol. The molecule has 0 saturated carbocycles. The molecule has 1 nitrogen and oxygen atoms in total. The van der Waals surface area contributed by atoms with E-state index < -0.39 is 0 Å². The van der Waals surface area contributed by atoms with Gasteiger partial charge in [0, 0.05) is 10.4 Å². The molecule has 0 fully saturated rings. The Morgan fingerprint density at radius 3 is 1.58 bits per heavy atom. The molecule has 0 aliphatic rings. The number of hydrogen-bond acceptors (Lipinski definition) is 1. The Morgan fingerprint density at radius 1 is 1.04 bits per heavy atom. The molecule has 142 valence electrons. The summed E-state index contributed by atoms with van der Waals surface area (Å²) in [5.41, 5.74) is 1.29. The lowest BCUT2D eigenvalue weighted by molar-refractivity contribution is -0.119. The summed E-state index contributed by atoms with van der Waals surface area (Å²) in [5, 5.41) is 0. The van der Waals surface area contributed by atoms with Crippen LogP contribution in [0.1, 0.15) is 80.7 Å². The van der Waals surface area contributed by atoms with Crippen LogP contribution in [-0.2, 0) is 4.79 Å². The lowest BCUT2D eigenvalue weighted by Crippen LogP contribution is -1.98. The highest BCUT2D eigenvalue weighted by Crippen LogP contribution is 2.09. The summed E-state index contributed by atoms with van der Waals surface area (Å²) in [6.45, 7) is 20.7. The van der Waals surface area contributed by atoms with Gasteiger partial charge in [0.2, 0.25) is 0 Å². The average molecular weight is 401 g/mol. The van der Waals surface area contributed by atoms with E-state index in [1.165, 1.54) is 18.4 Å². The maximum absolute atomic E-state index is 10.1. The van der Waals surface area contributed by atoms with Crippen molar-refractivity contribution < 1.29 is 4.79 Å². The maximum Gasteiger partial charge on any atom is 0.132 e. The van der Waals surface area contributed by atoms with Crippen LogP contribution in [0.15, 0.2) is 28.7 Å². The van der Waals surface area contributed by atoms with Crippen LogP contribution in [0.2, 0.25) is 0 Å². The third kappa shape index (κ3) is 33.1. The Balaban J connectivity index is -0.000000253. The Morgan fingerprint density at radius 2 is 1.46 bits per heavy atom. The van der Waals surface area contributed by atoms with Crippen LogP contribution in [0.25, 0.3) is 0 Å². The topological polar surface area (TPSA) is 17.1 Å². The molecule has 0 amide bonds. The van der Waals surface area contributed by atoms with Crippen molar-refractivity contribution in [3.8, 4) is 0 Å². The first-order chi connectivity index (χ1) is 10.9. The summed E-state index contributed by atoms with van der Waals surface area (Å²) < 4.78 is 1.15. The van der Waals surface area contributed by atoms with Crippen LogP contribution in [0.3, 0.4) is 0 Å². The second-order valence-corrected chi connectivity index (χ2v) is 8.39. The second-order valence-electron chi connectivity index (χ2n) is 7.48. The van der Waals surface area contributed by atoms with Crippen LogP contribution in [0, 0.1) is 24.7 Å². The van der Waals surface area contributed by atoms with Gasteiger partial charge in [-0.2, -0.15) is 0 Å². The zero-order valence-corrected chi connectivity index (χ0v) is 19.3. The van der Waals surface area contributed by atoms with E-state index in [9.17, 15) is 4.79 Å². The Labute approximate surface area is 160 Å². The van der Waals surface area contributed by atoms with Crippen LogP contribution in [0.5, 0.6) is 0 Å². The van der Waals surface area contributed by atoms with Crippen LogP contribution in [0.4, 0.5) is 0 Å². The zero-order valence-electron chi connectivity index (χ0n) is 17.7. The van der Waals surface area contributed by atoms with Gasteiger partial charge < -0.3 is 0 Å². The fourth-order valence-corrected chi connectivity index (χ4v) is 1.70. The fourth-order valence-electron chi connectivity index (χ4n) is 1.18. The molecule has 0 aliphatic heterocycles. The largest absolute Gasteiger partial charge is 0.300 e. The van der Waals surface area contributed by atoms with Gasteiger partial charge in [-0.25, -0.2) is 0 Å². The van der Waals surface area contributed by atoms with Crippen molar-refractivity contribution in [3.05, 3.63) is 34.3 Å². The standard InChI is InChI=1S/C7H7Br.C6H14.C5H10O.C4H10/c1-6-3-2-4-7(8)5-6;1-4-5-6(2)3;1-4(2)5(3)6;1-4(2)3/h2-5H,1H3;6H,4-5H2,1-3H3;4H,1-3H3;4H,1-3H3. The molecular formula is C22H41BrO. The molecule has 0 spiro atoms. The van der Waals surface area contributed by atoms with Gasteiger partial charge in [-0.1, -0.05) is 102 Å². The van der Waals surface area contributed by atoms with E-state index in [1.807, 2.05) is 26.0 Å². The fraction of sp³-hybridized carbons (Fsp3) is 0.682. The number of aryl methyl sites for hydroxylation is 1. The van der Waals surface area contributed by atoms with E-state index in [-0.39, 0.29) is 11.7 Å². The highest BCUT2D eigenvalue weighted by atomic mass is 79.9. The third-order valence-electron chi connectivity index (χ3n) is 2.66. The molecular weight excluding hydrogens is 360 g/mol. The number of hydrogen-bond donors (Lipinski definition) is 0. The van der Waals surface area contributed by atoms with Gasteiger partial charge in [0.25, 0.3) is 0 Å². The highest BCUT2D eigenvalue weighted by Gasteiger charge is 1.95. The lowest BCUT2D eigenvalue weighted by Gasteiger charge is -1.95. The Kier molecular flexibility index (Phi) is 22.0. The molecule has 0 heterocycles. The Bertz CT molecular complexity index is 375. The van der Waals surface area contributed by atoms with E-state index in [0.29, 0.717) is 0 Å². The Hall–Kier alpha value is -0.630. The van der Waals surface area contributed by atoms with Gasteiger partial charge in [0.05, 0.1) is 0 Å². The molecule has 2 heteroatoms. The number of carbonyl (C=O) groups is 1. The van der Waals surface area contributed by atoms with Gasteiger partial charge in [0.1, 0.15) is 5.78 Å². The number of ketones is 1. The van der Waals surface area contributed by atoms with Crippen molar-refractivity contribution in [3.63, 3.8) is 0 Å². The van der Waals surface area contributed by atoms with E-state index in [0.717, 1.165) is 16.3 Å². The van der Waals surface area contributed by atoms with Crippen LogP contribution in [-0.4, -0.2) is 5.78 Å². The molecule has 0 saturated heterocycles. The minimum absolute atomic E-state index is 0.213. The number of benzene rings is 1. The summed E-state index contributed by atoms with van der Waals surface area (Å²) in [5.74, 6) is 2.20. The summed E-state index contributed by atoms with van der Waals surface area (Å²) >= 11 is 3.36. The van der Waals surface area contributed by atoms with Crippen molar-refractivity contribution in [1.82, 2.24) is 0 Å². The third-order valence-corrected chi connectivity index (χ3v) is 3.15. The molecule has 24 heavy (non-hydrogen) atoms. The molecule has 0 radical (unpaired) electrons. The molecule has 1 rings (SSSR count). The van der Waals surface area contributed by atoms with Crippen molar-refractivity contribution in [1.29, 1.82) is 0 Å². The number of halogens is 1. The van der Waals surface area contributed by atoms with E-state index in [1.54, 1.807) is 6.92 Å². The summed E-state index contributed by atoms with van der Waals surface area (Å²) in [6.07, 6.45) is 2.71. The molecule has 0 bridgehead atoms. The van der Waals surface area contributed by atoms with Crippen molar-refractivity contribution >= 4 is 21.7 Å². The molecule has 0 aromatic heterocycles. The van der Waals surface area contributed by atoms with E-state index in [4.69, 9.17) is 0 Å². The van der Waals surface area contributed by atoms with Gasteiger partial charge in [-0.3, -0.25) is 4.79 Å². The lowest BCUT2D eigenvalue weighted by atomic mass is 10.1. The normalized spacial score (nSPS) is 9.42. The summed E-state index contributed by atoms with van der Waals surface area (Å²) in [7, 11) is 0. The number of carbonyl (C=O) groups excluding carboxylic acids is 1. The SMILES string of the molecule is CC(=O)C(C)C.CC(C)C.CCCC(C)C.Cc1cccc(Br)c1. The van der Waals surface area contributed by atoms with Gasteiger partial charge >= 0.3 is 0 Å². The van der Waals surface area contributed by atoms with Crippen LogP contribution >= 0.6 is 15.9 Å². The van der Waals surface area contributed by atoms with Crippen molar-refractivity contribution in [2.45, 2.75) is 82.1 Å². The summed E-state index contributed by atoms with van der Waals surface area (Å²) in [4.78, 5) is 10.1. The number of Topliss-reactive ketones (excluding diaryl/α,β-unsaturated/α-hetero) is 1. The zero-order chi connectivity index (χ0) is 19.7. The molecule has 0 unspecified atom stereocenters. The molecule has 1 aromatic rings. The maximum atomic E-state index is 10.1. The molecule has 0 N–H and O–H groups in total. The first kappa shape index (κ1) is 28.2. The molecule has 0 aliphatic carbocycles. The highest BCUT2D eigenvalue weighted by molar-refractivity contribution is 9.10. The smallest absolute Gasteiger partial charge is 0.132 e. The van der Waals surface area contributed by atoms with Crippen LogP contribution < -0.4 is 0 Å². The predicted molar refractivity (Wildman–Crippen MR) is 115 cm³/mol. The van der Waals surface area contributed by atoms with E-state index in [2.05, 4.69) is 76.5 Å². The van der Waals surface area contributed by atoms with Crippen molar-refractivity contribution in [2.24, 2.45) is 17.8 Å². The van der Waals surface area contributed by atoms with Gasteiger partial charge in [0.15, 0.2) is 0 Å². The average Bonchev–Trinajstić information content (AvgIpc) is 2.38. The quantitative estimate of drug-likeness (QED) is 0.500. The molecule has 1 aromatic carbocycles. The van der Waals surface area contributed by atoms with Gasteiger partial charge in [-0.05, 0) is 37.8 Å². The first-order valence-electron chi connectivity index (χ1n) is 9.16. The van der Waals surface area contributed by atoms with E-state index >= 15 is 0 Å². The number of rotatable bonds is 3. The van der Waals surface area contributed by atoms with Crippen molar-refractivity contribution in [2.75, 3.05) is 0 Å². The first-order valence-corrected chi connectivity index (χ1v) is 9.95.